The first kappa shape index (κ1) is 15.5. The Hall–Kier alpha value is -1.88. The first-order valence-corrected chi connectivity index (χ1v) is 7.21. The molecule has 4 nitrogen and oxygen atoms in total. The van der Waals surface area contributed by atoms with Crippen LogP contribution < -0.4 is 0 Å². The number of ketones is 1. The molecule has 0 unspecified atom stereocenters. The molecule has 0 aliphatic carbocycles. The molecular formula is C16H15BrO4. The van der Waals surface area contributed by atoms with Gasteiger partial charge in [-0.05, 0) is 60.0 Å². The highest BCUT2D eigenvalue weighted by atomic mass is 79.9. The van der Waals surface area contributed by atoms with E-state index in [0.717, 1.165) is 16.7 Å². The van der Waals surface area contributed by atoms with Gasteiger partial charge in [-0.25, -0.2) is 4.79 Å². The molecule has 0 atom stereocenters. The van der Waals surface area contributed by atoms with E-state index < -0.39 is 5.97 Å². The van der Waals surface area contributed by atoms with E-state index in [-0.39, 0.29) is 18.2 Å². The second-order valence-electron chi connectivity index (χ2n) is 4.88. The Bertz CT molecular complexity index is 677. The molecule has 0 aliphatic rings. The molecule has 0 spiro atoms. The maximum atomic E-state index is 12.2. The number of rotatable bonds is 4. The van der Waals surface area contributed by atoms with Crippen molar-refractivity contribution in [3.05, 3.63) is 56.9 Å². The van der Waals surface area contributed by atoms with E-state index in [1.54, 1.807) is 6.07 Å². The van der Waals surface area contributed by atoms with Crippen LogP contribution in [0.3, 0.4) is 0 Å². The van der Waals surface area contributed by atoms with Crippen molar-refractivity contribution in [2.45, 2.75) is 20.8 Å². The molecule has 2 rings (SSSR count). The van der Waals surface area contributed by atoms with Gasteiger partial charge in [0.2, 0.25) is 11.5 Å². The summed E-state index contributed by atoms with van der Waals surface area (Å²) in [6.07, 6.45) is 0. The zero-order valence-corrected chi connectivity index (χ0v) is 13.6. The van der Waals surface area contributed by atoms with Crippen LogP contribution in [0.4, 0.5) is 0 Å². The molecule has 1 heterocycles. The van der Waals surface area contributed by atoms with Gasteiger partial charge in [0.15, 0.2) is 11.3 Å². The predicted molar refractivity (Wildman–Crippen MR) is 81.7 cm³/mol. The minimum atomic E-state index is -0.656. The first-order chi connectivity index (χ1) is 9.88. The smallest absolute Gasteiger partial charge is 0.374 e. The average molecular weight is 351 g/mol. The standard InChI is InChI=1S/C16H15BrO4/c1-9-6-10(2)15(11(3)7-9)12(18)8-20-16(19)13-4-5-14(17)21-13/h4-7H,8H2,1-3H3. The first-order valence-electron chi connectivity index (χ1n) is 6.42. The molecule has 0 amide bonds. The van der Waals surface area contributed by atoms with E-state index in [9.17, 15) is 9.59 Å². The Balaban J connectivity index is 2.07. The molecule has 0 radical (unpaired) electrons. The monoisotopic (exact) mass is 350 g/mol. The number of Topliss-reactive ketones (excluding diaryl/α,β-unsaturated/α-hetero) is 1. The van der Waals surface area contributed by atoms with Gasteiger partial charge in [0.25, 0.3) is 0 Å². The fraction of sp³-hybridized carbons (Fsp3) is 0.250. The normalized spacial score (nSPS) is 10.5. The van der Waals surface area contributed by atoms with Crippen molar-refractivity contribution >= 4 is 27.7 Å². The van der Waals surface area contributed by atoms with Gasteiger partial charge >= 0.3 is 5.97 Å². The third-order valence-corrected chi connectivity index (χ3v) is 3.49. The van der Waals surface area contributed by atoms with Gasteiger partial charge in [-0.15, -0.1) is 0 Å². The highest BCUT2D eigenvalue weighted by molar-refractivity contribution is 9.10. The summed E-state index contributed by atoms with van der Waals surface area (Å²) in [6, 6.07) is 6.95. The molecule has 0 saturated heterocycles. The number of furan rings is 1. The average Bonchev–Trinajstić information content (AvgIpc) is 2.81. The Morgan fingerprint density at radius 3 is 2.29 bits per heavy atom. The van der Waals surface area contributed by atoms with E-state index in [1.807, 2.05) is 32.9 Å². The van der Waals surface area contributed by atoms with Crippen LogP contribution in [0.2, 0.25) is 0 Å². The number of halogens is 1. The van der Waals surface area contributed by atoms with Crippen molar-refractivity contribution in [1.29, 1.82) is 0 Å². The number of carbonyl (C=O) groups is 2. The number of benzene rings is 1. The topological polar surface area (TPSA) is 56.5 Å². The number of carbonyl (C=O) groups excluding carboxylic acids is 2. The Morgan fingerprint density at radius 1 is 1.14 bits per heavy atom. The fourth-order valence-corrected chi connectivity index (χ4v) is 2.62. The third kappa shape index (κ3) is 3.61. The van der Waals surface area contributed by atoms with Crippen LogP contribution in [0.1, 0.15) is 37.6 Å². The van der Waals surface area contributed by atoms with E-state index >= 15 is 0 Å². The fourth-order valence-electron chi connectivity index (χ4n) is 2.32. The van der Waals surface area contributed by atoms with Crippen LogP contribution in [0, 0.1) is 20.8 Å². The molecule has 0 N–H and O–H groups in total. The second kappa shape index (κ2) is 6.26. The lowest BCUT2D eigenvalue weighted by molar-refractivity contribution is 0.0442. The summed E-state index contributed by atoms with van der Waals surface area (Å²) < 4.78 is 10.5. The van der Waals surface area contributed by atoms with Crippen LogP contribution in [0.15, 0.2) is 33.4 Å². The van der Waals surface area contributed by atoms with Crippen LogP contribution in [-0.2, 0) is 4.74 Å². The lowest BCUT2D eigenvalue weighted by atomic mass is 9.97. The van der Waals surface area contributed by atoms with Crippen molar-refractivity contribution in [2.24, 2.45) is 0 Å². The largest absolute Gasteiger partial charge is 0.451 e. The molecule has 2 aromatic rings. The summed E-state index contributed by atoms with van der Waals surface area (Å²) in [7, 11) is 0. The maximum absolute atomic E-state index is 12.2. The van der Waals surface area contributed by atoms with E-state index in [0.29, 0.717) is 10.2 Å². The van der Waals surface area contributed by atoms with Crippen molar-refractivity contribution in [3.8, 4) is 0 Å². The third-order valence-electron chi connectivity index (χ3n) is 3.06. The molecular weight excluding hydrogens is 336 g/mol. The van der Waals surface area contributed by atoms with Crippen LogP contribution in [0.25, 0.3) is 0 Å². The van der Waals surface area contributed by atoms with Crippen LogP contribution in [0.5, 0.6) is 0 Å². The van der Waals surface area contributed by atoms with Gasteiger partial charge in [-0.1, -0.05) is 17.7 Å². The number of esters is 1. The predicted octanol–water partition coefficient (Wildman–Crippen LogP) is 4.01. The van der Waals surface area contributed by atoms with Gasteiger partial charge < -0.3 is 9.15 Å². The molecule has 0 fully saturated rings. The molecule has 0 saturated carbocycles. The summed E-state index contributed by atoms with van der Waals surface area (Å²) in [6.45, 7) is 5.42. The lowest BCUT2D eigenvalue weighted by Crippen LogP contribution is -2.16. The van der Waals surface area contributed by atoms with E-state index in [1.165, 1.54) is 6.07 Å². The summed E-state index contributed by atoms with van der Waals surface area (Å²) in [5.74, 6) is -0.813. The quantitative estimate of drug-likeness (QED) is 0.617. The van der Waals surface area contributed by atoms with Gasteiger partial charge in [-0.3, -0.25) is 4.79 Å². The van der Waals surface area contributed by atoms with Crippen molar-refractivity contribution in [1.82, 2.24) is 0 Å². The summed E-state index contributed by atoms with van der Waals surface area (Å²) >= 11 is 3.10. The molecule has 5 heteroatoms. The molecule has 110 valence electrons. The van der Waals surface area contributed by atoms with Gasteiger partial charge in [0.05, 0.1) is 0 Å². The van der Waals surface area contributed by atoms with Crippen LogP contribution in [-0.4, -0.2) is 18.4 Å². The minimum Gasteiger partial charge on any atom is -0.451 e. The molecule has 21 heavy (non-hydrogen) atoms. The highest BCUT2D eigenvalue weighted by Crippen LogP contribution is 2.18. The van der Waals surface area contributed by atoms with Gasteiger partial charge in [0.1, 0.15) is 0 Å². The molecule has 1 aromatic carbocycles. The summed E-state index contributed by atoms with van der Waals surface area (Å²) in [5, 5.41) is 0. The second-order valence-corrected chi connectivity index (χ2v) is 5.66. The van der Waals surface area contributed by atoms with Gasteiger partial charge in [-0.2, -0.15) is 0 Å². The zero-order chi connectivity index (χ0) is 15.6. The minimum absolute atomic E-state index is 0.0621. The zero-order valence-electron chi connectivity index (χ0n) is 12.0. The number of hydrogen-bond acceptors (Lipinski definition) is 4. The van der Waals surface area contributed by atoms with Gasteiger partial charge in [0, 0.05) is 5.56 Å². The Morgan fingerprint density at radius 2 is 1.76 bits per heavy atom. The maximum Gasteiger partial charge on any atom is 0.374 e. The SMILES string of the molecule is Cc1cc(C)c(C(=O)COC(=O)c2ccc(Br)o2)c(C)c1. The lowest BCUT2D eigenvalue weighted by Gasteiger charge is -2.10. The van der Waals surface area contributed by atoms with Crippen LogP contribution >= 0.6 is 15.9 Å². The van der Waals surface area contributed by atoms with Crippen molar-refractivity contribution in [3.63, 3.8) is 0 Å². The Kier molecular flexibility index (Phi) is 4.63. The number of aryl methyl sites for hydroxylation is 3. The highest BCUT2D eigenvalue weighted by Gasteiger charge is 2.17. The van der Waals surface area contributed by atoms with Crippen molar-refractivity contribution < 1.29 is 18.7 Å². The molecule has 0 aliphatic heterocycles. The summed E-state index contributed by atoms with van der Waals surface area (Å²) in [5.41, 5.74) is 3.47. The molecule has 0 bridgehead atoms. The van der Waals surface area contributed by atoms with E-state index in [2.05, 4.69) is 15.9 Å². The molecule has 1 aromatic heterocycles. The number of ether oxygens (including phenoxy) is 1. The number of hydrogen-bond donors (Lipinski definition) is 0. The summed E-state index contributed by atoms with van der Waals surface area (Å²) in [4.78, 5) is 24.0. The van der Waals surface area contributed by atoms with E-state index in [4.69, 9.17) is 9.15 Å². The Labute approximate surface area is 131 Å². The van der Waals surface area contributed by atoms with Crippen molar-refractivity contribution in [2.75, 3.05) is 6.61 Å².